The fourth-order valence-corrected chi connectivity index (χ4v) is 2.47. The average molecular weight is 295 g/mol. The summed E-state index contributed by atoms with van der Waals surface area (Å²) in [5.41, 5.74) is -0.177. The lowest BCUT2D eigenvalue weighted by Crippen LogP contribution is -2.49. The number of hydrogen-bond acceptors (Lipinski definition) is 5. The normalized spacial score (nSPS) is 19.0. The first kappa shape index (κ1) is 15.5. The summed E-state index contributed by atoms with van der Waals surface area (Å²) in [4.78, 5) is 29.4. The van der Waals surface area contributed by atoms with E-state index in [1.165, 1.54) is 0 Å². The molecule has 1 aliphatic rings. The second kappa shape index (κ2) is 6.71. The molecule has 2 heterocycles. The van der Waals surface area contributed by atoms with E-state index in [4.69, 9.17) is 9.84 Å². The minimum atomic E-state index is -0.908. The second-order valence-electron chi connectivity index (χ2n) is 5.62. The molecule has 1 aliphatic heterocycles. The van der Waals surface area contributed by atoms with Gasteiger partial charge in [-0.1, -0.05) is 13.8 Å². The van der Waals surface area contributed by atoms with Crippen LogP contribution < -0.4 is 10.5 Å². The van der Waals surface area contributed by atoms with Gasteiger partial charge >= 0.3 is 5.97 Å². The molecule has 1 atom stereocenters. The molecular weight excluding hydrogens is 274 g/mol. The fourth-order valence-electron chi connectivity index (χ4n) is 2.47. The molecule has 0 radical (unpaired) electrons. The zero-order valence-corrected chi connectivity index (χ0v) is 12.4. The molecule has 21 heavy (non-hydrogen) atoms. The molecule has 0 bridgehead atoms. The first-order valence-corrected chi connectivity index (χ1v) is 7.10. The number of carboxylic acids is 1. The second-order valence-corrected chi connectivity index (χ2v) is 5.62. The largest absolute Gasteiger partial charge is 0.481 e. The van der Waals surface area contributed by atoms with E-state index in [1.54, 1.807) is 21.9 Å². The molecule has 1 aromatic heterocycles. The van der Waals surface area contributed by atoms with Gasteiger partial charge in [0.25, 0.3) is 5.56 Å². The number of carboxylic acid groups (broad SMARTS) is 1. The Labute approximate surface area is 123 Å². The van der Waals surface area contributed by atoms with Crippen LogP contribution in [0.2, 0.25) is 0 Å². The van der Waals surface area contributed by atoms with Gasteiger partial charge < -0.3 is 19.3 Å². The molecule has 1 fully saturated rings. The van der Waals surface area contributed by atoms with E-state index in [2.05, 4.69) is 4.98 Å². The Bertz CT molecular complexity index is 555. The van der Waals surface area contributed by atoms with Crippen LogP contribution in [0.25, 0.3) is 0 Å². The van der Waals surface area contributed by atoms with Gasteiger partial charge in [-0.25, -0.2) is 4.98 Å². The van der Waals surface area contributed by atoms with Gasteiger partial charge in [-0.2, -0.15) is 0 Å². The van der Waals surface area contributed by atoms with Gasteiger partial charge in [0, 0.05) is 25.5 Å². The Balaban J connectivity index is 2.30. The van der Waals surface area contributed by atoms with E-state index >= 15 is 0 Å². The van der Waals surface area contributed by atoms with E-state index in [0.29, 0.717) is 38.0 Å². The molecule has 0 spiro atoms. The van der Waals surface area contributed by atoms with Crippen LogP contribution in [-0.4, -0.2) is 46.4 Å². The lowest BCUT2D eigenvalue weighted by molar-refractivity contribution is -0.138. The highest BCUT2D eigenvalue weighted by Gasteiger charge is 2.28. The molecule has 2 rings (SSSR count). The summed E-state index contributed by atoms with van der Waals surface area (Å²) < 4.78 is 6.95. The molecule has 1 saturated heterocycles. The van der Waals surface area contributed by atoms with E-state index in [-0.39, 0.29) is 18.0 Å². The van der Waals surface area contributed by atoms with Gasteiger partial charge in [0.05, 0.1) is 25.7 Å². The van der Waals surface area contributed by atoms with Gasteiger partial charge in [0.2, 0.25) is 0 Å². The molecule has 7 nitrogen and oxygen atoms in total. The topological polar surface area (TPSA) is 84.7 Å². The third-order valence-corrected chi connectivity index (χ3v) is 3.37. The van der Waals surface area contributed by atoms with Crippen LogP contribution in [0.4, 0.5) is 5.82 Å². The Morgan fingerprint density at radius 1 is 1.57 bits per heavy atom. The maximum absolute atomic E-state index is 12.5. The summed E-state index contributed by atoms with van der Waals surface area (Å²) >= 11 is 0. The van der Waals surface area contributed by atoms with Crippen LogP contribution in [0.5, 0.6) is 0 Å². The number of anilines is 1. The van der Waals surface area contributed by atoms with Gasteiger partial charge in [0.15, 0.2) is 5.82 Å². The highest BCUT2D eigenvalue weighted by molar-refractivity contribution is 5.68. The predicted octanol–water partition coefficient (Wildman–Crippen LogP) is 0.579. The van der Waals surface area contributed by atoms with Crippen molar-refractivity contribution >= 4 is 11.8 Å². The quantitative estimate of drug-likeness (QED) is 0.855. The zero-order valence-electron chi connectivity index (χ0n) is 12.4. The van der Waals surface area contributed by atoms with Crippen molar-refractivity contribution in [3.05, 3.63) is 22.7 Å². The summed E-state index contributed by atoms with van der Waals surface area (Å²) in [5, 5.41) is 8.99. The minimum Gasteiger partial charge on any atom is -0.481 e. The number of carbonyl (C=O) groups is 1. The van der Waals surface area contributed by atoms with Crippen molar-refractivity contribution < 1.29 is 14.6 Å². The smallest absolute Gasteiger partial charge is 0.305 e. The number of rotatable bonds is 5. The molecule has 1 aromatic rings. The first-order chi connectivity index (χ1) is 9.99. The van der Waals surface area contributed by atoms with Crippen LogP contribution in [0, 0.1) is 5.92 Å². The van der Waals surface area contributed by atoms with Gasteiger partial charge in [-0.05, 0) is 5.92 Å². The van der Waals surface area contributed by atoms with Crippen LogP contribution >= 0.6 is 0 Å². The van der Waals surface area contributed by atoms with Crippen LogP contribution in [0.1, 0.15) is 20.3 Å². The van der Waals surface area contributed by atoms with Gasteiger partial charge in [-0.15, -0.1) is 0 Å². The van der Waals surface area contributed by atoms with Gasteiger partial charge in [0.1, 0.15) is 0 Å². The van der Waals surface area contributed by atoms with Crippen molar-refractivity contribution in [2.24, 2.45) is 5.92 Å². The van der Waals surface area contributed by atoms with Gasteiger partial charge in [-0.3, -0.25) is 9.59 Å². The van der Waals surface area contributed by atoms with E-state index in [0.717, 1.165) is 0 Å². The van der Waals surface area contributed by atoms with Crippen molar-refractivity contribution in [1.82, 2.24) is 9.55 Å². The third-order valence-electron chi connectivity index (χ3n) is 3.37. The minimum absolute atomic E-state index is 0.0693. The van der Waals surface area contributed by atoms with E-state index < -0.39 is 5.97 Å². The zero-order chi connectivity index (χ0) is 15.4. The number of aliphatic carboxylic acids is 1. The maximum atomic E-state index is 12.5. The van der Waals surface area contributed by atoms with Crippen molar-refractivity contribution in [2.45, 2.75) is 32.9 Å². The molecule has 0 saturated carbocycles. The Hall–Kier alpha value is -1.89. The number of nitrogens with zero attached hydrogens (tertiary/aromatic N) is 3. The van der Waals surface area contributed by atoms with Crippen molar-refractivity contribution in [3.63, 3.8) is 0 Å². The standard InChI is InChI=1S/C14H21N3O4/c1-10(2)8-16-4-3-15-13(14(16)20)17-5-6-21-9-11(17)7-12(18)19/h3-4,10-11H,5-9H2,1-2H3,(H,18,19). The fraction of sp³-hybridized carbons (Fsp3) is 0.643. The molecule has 7 heteroatoms. The number of morpholine rings is 1. The molecule has 116 valence electrons. The number of hydrogen-bond donors (Lipinski definition) is 1. The average Bonchev–Trinajstić information content (AvgIpc) is 2.41. The summed E-state index contributed by atoms with van der Waals surface area (Å²) in [6, 6.07) is -0.355. The summed E-state index contributed by atoms with van der Waals surface area (Å²) in [6.07, 6.45) is 3.19. The molecule has 0 aliphatic carbocycles. The molecule has 0 aromatic carbocycles. The van der Waals surface area contributed by atoms with Crippen molar-refractivity contribution in [1.29, 1.82) is 0 Å². The summed E-state index contributed by atoms with van der Waals surface area (Å²) in [7, 11) is 0. The van der Waals surface area contributed by atoms with Crippen LogP contribution in [-0.2, 0) is 16.1 Å². The van der Waals surface area contributed by atoms with Crippen molar-refractivity contribution in [3.8, 4) is 0 Å². The lowest BCUT2D eigenvalue weighted by Gasteiger charge is -2.35. The molecular formula is C14H21N3O4. The monoisotopic (exact) mass is 295 g/mol. The highest BCUT2D eigenvalue weighted by atomic mass is 16.5. The van der Waals surface area contributed by atoms with Crippen LogP contribution in [0.15, 0.2) is 17.2 Å². The number of aromatic nitrogens is 2. The SMILES string of the molecule is CC(C)Cn1ccnc(N2CCOCC2CC(=O)O)c1=O. The first-order valence-electron chi connectivity index (χ1n) is 7.10. The molecule has 1 N–H and O–H groups in total. The summed E-state index contributed by atoms with van der Waals surface area (Å²) in [5.74, 6) is -0.251. The molecule has 1 unspecified atom stereocenters. The third kappa shape index (κ3) is 3.81. The predicted molar refractivity (Wildman–Crippen MR) is 77.5 cm³/mol. The Morgan fingerprint density at radius 3 is 3.00 bits per heavy atom. The summed E-state index contributed by atoms with van der Waals surface area (Å²) in [6.45, 7) is 5.93. The number of ether oxygens (including phenoxy) is 1. The van der Waals surface area contributed by atoms with E-state index in [1.807, 2.05) is 13.8 Å². The Kier molecular flexibility index (Phi) is 4.95. The van der Waals surface area contributed by atoms with Crippen LogP contribution in [0.3, 0.4) is 0 Å². The Morgan fingerprint density at radius 2 is 2.33 bits per heavy atom. The lowest BCUT2D eigenvalue weighted by atomic mass is 10.1. The highest BCUT2D eigenvalue weighted by Crippen LogP contribution is 2.16. The maximum Gasteiger partial charge on any atom is 0.305 e. The van der Waals surface area contributed by atoms with E-state index in [9.17, 15) is 9.59 Å². The van der Waals surface area contributed by atoms with Crippen molar-refractivity contribution in [2.75, 3.05) is 24.7 Å². The molecule has 0 amide bonds.